The monoisotopic (exact) mass is 382 g/mol. The largest absolute Gasteiger partial charge is 0.379 e. The number of rotatable bonds is 4. The number of hydrogen-bond acceptors (Lipinski definition) is 5. The van der Waals surface area contributed by atoms with Crippen molar-refractivity contribution in [1.82, 2.24) is 14.1 Å². The maximum atomic E-state index is 14.2. The molecule has 26 heavy (non-hydrogen) atoms. The Balaban J connectivity index is 1.89. The second-order valence-electron chi connectivity index (χ2n) is 5.91. The van der Waals surface area contributed by atoms with Gasteiger partial charge in [-0.3, -0.25) is 9.48 Å². The number of hydrogen-bond donors (Lipinski definition) is 1. The molecule has 1 aliphatic heterocycles. The van der Waals surface area contributed by atoms with Crippen molar-refractivity contribution >= 4 is 21.7 Å². The first-order valence-corrected chi connectivity index (χ1v) is 9.42. The Hall–Kier alpha value is -2.30. The van der Waals surface area contributed by atoms with Crippen LogP contribution in [0.15, 0.2) is 29.2 Å². The number of sulfonamides is 1. The van der Waals surface area contributed by atoms with Crippen LogP contribution in [0.4, 0.5) is 10.2 Å². The van der Waals surface area contributed by atoms with Gasteiger partial charge in [-0.05, 0) is 25.1 Å². The highest BCUT2D eigenvalue weighted by atomic mass is 32.2. The normalized spacial score (nSPS) is 15.8. The number of halogens is 1. The van der Waals surface area contributed by atoms with Crippen molar-refractivity contribution in [3.63, 3.8) is 0 Å². The summed E-state index contributed by atoms with van der Waals surface area (Å²) in [5, 5.41) is 6.75. The number of nitrogens with zero attached hydrogens (tertiary/aromatic N) is 3. The molecule has 0 saturated carbocycles. The predicted molar refractivity (Wildman–Crippen MR) is 91.9 cm³/mol. The molecule has 1 saturated heterocycles. The minimum atomic E-state index is -4.04. The van der Waals surface area contributed by atoms with Gasteiger partial charge in [-0.2, -0.15) is 9.40 Å². The zero-order valence-electron chi connectivity index (χ0n) is 14.4. The summed E-state index contributed by atoms with van der Waals surface area (Å²) in [7, 11) is -2.38. The van der Waals surface area contributed by atoms with E-state index < -0.39 is 26.6 Å². The van der Waals surface area contributed by atoms with E-state index in [-0.39, 0.29) is 31.9 Å². The predicted octanol–water partition coefficient (Wildman–Crippen LogP) is 1.14. The fourth-order valence-electron chi connectivity index (χ4n) is 2.68. The number of carbonyl (C=O) groups is 1. The van der Waals surface area contributed by atoms with Gasteiger partial charge in [0.05, 0.1) is 18.9 Å². The van der Waals surface area contributed by atoms with E-state index >= 15 is 0 Å². The number of nitrogens with one attached hydrogen (secondary N) is 1. The highest BCUT2D eigenvalue weighted by Gasteiger charge is 2.29. The van der Waals surface area contributed by atoms with E-state index in [0.29, 0.717) is 5.82 Å². The van der Waals surface area contributed by atoms with E-state index in [1.807, 2.05) is 0 Å². The van der Waals surface area contributed by atoms with E-state index in [0.717, 1.165) is 22.1 Å². The Morgan fingerprint density at radius 1 is 1.27 bits per heavy atom. The molecule has 2 heterocycles. The van der Waals surface area contributed by atoms with Crippen LogP contribution in [0.25, 0.3) is 0 Å². The summed E-state index contributed by atoms with van der Waals surface area (Å²) >= 11 is 0. The van der Waals surface area contributed by atoms with Gasteiger partial charge in [0.15, 0.2) is 0 Å². The van der Waals surface area contributed by atoms with E-state index in [9.17, 15) is 17.6 Å². The third-order valence-corrected chi connectivity index (χ3v) is 5.94. The molecule has 1 aliphatic rings. The molecular weight excluding hydrogens is 363 g/mol. The van der Waals surface area contributed by atoms with Crippen LogP contribution in [0.2, 0.25) is 0 Å². The van der Waals surface area contributed by atoms with Gasteiger partial charge in [-0.1, -0.05) is 0 Å². The van der Waals surface area contributed by atoms with Crippen LogP contribution in [-0.2, 0) is 21.8 Å². The first-order chi connectivity index (χ1) is 12.3. The lowest BCUT2D eigenvalue weighted by atomic mass is 10.2. The molecule has 0 spiro atoms. The highest BCUT2D eigenvalue weighted by Crippen LogP contribution is 2.22. The summed E-state index contributed by atoms with van der Waals surface area (Å²) in [6.45, 7) is 2.57. The number of morpholine rings is 1. The Bertz CT molecular complexity index is 936. The number of amides is 1. The maximum absolute atomic E-state index is 14.2. The minimum Gasteiger partial charge on any atom is -0.379 e. The average Bonchev–Trinajstić information content (AvgIpc) is 2.93. The second kappa shape index (κ2) is 7.14. The van der Waals surface area contributed by atoms with Gasteiger partial charge < -0.3 is 10.1 Å². The first kappa shape index (κ1) is 18.5. The zero-order valence-corrected chi connectivity index (χ0v) is 15.2. The lowest BCUT2D eigenvalue weighted by Crippen LogP contribution is -2.41. The Kier molecular flexibility index (Phi) is 5.08. The van der Waals surface area contributed by atoms with Crippen molar-refractivity contribution in [3.05, 3.63) is 41.3 Å². The molecule has 0 atom stereocenters. The van der Waals surface area contributed by atoms with Gasteiger partial charge in [-0.25, -0.2) is 12.8 Å². The molecule has 0 aliphatic carbocycles. The van der Waals surface area contributed by atoms with Crippen LogP contribution >= 0.6 is 0 Å². The molecule has 0 radical (unpaired) electrons. The smallest absolute Gasteiger partial charge is 0.256 e. The van der Waals surface area contributed by atoms with Crippen molar-refractivity contribution in [2.45, 2.75) is 11.8 Å². The van der Waals surface area contributed by atoms with E-state index in [2.05, 4.69) is 10.4 Å². The van der Waals surface area contributed by atoms with Gasteiger partial charge in [0.25, 0.3) is 5.91 Å². The number of ether oxygens (including phenoxy) is 1. The Morgan fingerprint density at radius 2 is 1.96 bits per heavy atom. The van der Waals surface area contributed by atoms with Crippen LogP contribution in [0.3, 0.4) is 0 Å². The third-order valence-electron chi connectivity index (χ3n) is 4.02. The van der Waals surface area contributed by atoms with Crippen LogP contribution in [0.5, 0.6) is 0 Å². The lowest BCUT2D eigenvalue weighted by Gasteiger charge is -2.26. The van der Waals surface area contributed by atoms with Gasteiger partial charge in [0, 0.05) is 31.8 Å². The molecule has 1 N–H and O–H groups in total. The Labute approximate surface area is 150 Å². The van der Waals surface area contributed by atoms with Crippen LogP contribution in [-0.4, -0.2) is 54.7 Å². The number of aromatic nitrogens is 2. The van der Waals surface area contributed by atoms with Crippen molar-refractivity contribution in [2.24, 2.45) is 7.05 Å². The fraction of sp³-hybridized carbons (Fsp3) is 0.375. The maximum Gasteiger partial charge on any atom is 0.256 e. The molecule has 0 unspecified atom stereocenters. The van der Waals surface area contributed by atoms with E-state index in [1.165, 1.54) is 10.7 Å². The SMILES string of the molecule is Cc1cc(NC(=O)c2ccc(F)c(S(=O)(=O)N3CCOCC3)c2)n(C)n1. The molecule has 3 rings (SSSR count). The number of benzene rings is 1. The van der Waals surface area contributed by atoms with Crippen molar-refractivity contribution in [3.8, 4) is 0 Å². The fourth-order valence-corrected chi connectivity index (χ4v) is 4.18. The quantitative estimate of drug-likeness (QED) is 0.856. The molecule has 8 nitrogen and oxygen atoms in total. The van der Waals surface area contributed by atoms with Crippen molar-refractivity contribution in [2.75, 3.05) is 31.6 Å². The van der Waals surface area contributed by atoms with Gasteiger partial charge in [-0.15, -0.1) is 0 Å². The van der Waals surface area contributed by atoms with Crippen LogP contribution < -0.4 is 5.32 Å². The molecule has 0 bridgehead atoms. The van der Waals surface area contributed by atoms with Gasteiger partial charge >= 0.3 is 0 Å². The summed E-state index contributed by atoms with van der Waals surface area (Å²) in [5.41, 5.74) is 0.759. The third kappa shape index (κ3) is 3.62. The molecule has 10 heteroatoms. The summed E-state index contributed by atoms with van der Waals surface area (Å²) in [4.78, 5) is 11.9. The number of carbonyl (C=O) groups excluding carboxylic acids is 1. The molecule has 1 amide bonds. The van der Waals surface area contributed by atoms with Crippen molar-refractivity contribution in [1.29, 1.82) is 0 Å². The minimum absolute atomic E-state index is 0.0390. The summed E-state index contributed by atoms with van der Waals surface area (Å²) in [5.74, 6) is -0.995. The molecular formula is C16H19FN4O4S. The standard InChI is InChI=1S/C16H19FN4O4S/c1-11-9-15(20(2)19-11)18-16(22)12-3-4-13(17)14(10-12)26(23,24)21-5-7-25-8-6-21/h3-4,9-10H,5-8H2,1-2H3,(H,18,22). The first-order valence-electron chi connectivity index (χ1n) is 7.98. The average molecular weight is 382 g/mol. The van der Waals surface area contributed by atoms with Crippen molar-refractivity contribution < 1.29 is 22.3 Å². The molecule has 140 valence electrons. The topological polar surface area (TPSA) is 93.5 Å². The summed E-state index contributed by atoms with van der Waals surface area (Å²) in [6.07, 6.45) is 0. The second-order valence-corrected chi connectivity index (χ2v) is 7.82. The van der Waals surface area contributed by atoms with Gasteiger partial charge in [0.2, 0.25) is 10.0 Å². The molecule has 1 fully saturated rings. The summed E-state index contributed by atoms with van der Waals surface area (Å²) < 4.78 is 47.3. The molecule has 2 aromatic rings. The molecule has 1 aromatic heterocycles. The van der Waals surface area contributed by atoms with Crippen LogP contribution in [0.1, 0.15) is 16.1 Å². The molecule has 1 aromatic carbocycles. The highest BCUT2D eigenvalue weighted by molar-refractivity contribution is 7.89. The van der Waals surface area contributed by atoms with E-state index in [4.69, 9.17) is 4.74 Å². The Morgan fingerprint density at radius 3 is 2.58 bits per heavy atom. The number of anilines is 1. The van der Waals surface area contributed by atoms with Gasteiger partial charge in [0.1, 0.15) is 16.5 Å². The number of aryl methyl sites for hydroxylation is 2. The van der Waals surface area contributed by atoms with E-state index in [1.54, 1.807) is 20.0 Å². The van der Waals surface area contributed by atoms with Crippen LogP contribution in [0, 0.1) is 12.7 Å². The summed E-state index contributed by atoms with van der Waals surface area (Å²) in [6, 6.07) is 4.95. The zero-order chi connectivity index (χ0) is 18.9. The lowest BCUT2D eigenvalue weighted by molar-refractivity contribution is 0.0729.